The molecule has 1 amide bonds. The number of hydrogen-bond donors (Lipinski definition) is 4. The van der Waals surface area contributed by atoms with Crippen molar-refractivity contribution < 1.29 is 4.79 Å². The number of nitrogens with one attached hydrogen (secondary N) is 3. The van der Waals surface area contributed by atoms with Crippen molar-refractivity contribution in [3.05, 3.63) is 66.4 Å². The maximum atomic E-state index is 12.1. The van der Waals surface area contributed by atoms with Crippen LogP contribution in [0.1, 0.15) is 11.7 Å². The summed E-state index contributed by atoms with van der Waals surface area (Å²) in [5.41, 5.74) is 8.66. The molecule has 0 saturated carbocycles. The lowest BCUT2D eigenvalue weighted by molar-refractivity contribution is -0.113. The summed E-state index contributed by atoms with van der Waals surface area (Å²) in [6.07, 6.45) is 1.45. The van der Waals surface area contributed by atoms with Crippen LogP contribution in [0.15, 0.2) is 70.8 Å². The second kappa shape index (κ2) is 7.55. The second-order valence-electron chi connectivity index (χ2n) is 5.94. The summed E-state index contributed by atoms with van der Waals surface area (Å²) >= 11 is 1.29. The minimum absolute atomic E-state index is 0.111. The summed E-state index contributed by atoms with van der Waals surface area (Å²) in [6, 6.07) is 17.3. The van der Waals surface area contributed by atoms with Crippen LogP contribution >= 0.6 is 11.8 Å². The van der Waals surface area contributed by atoms with E-state index in [2.05, 4.69) is 25.6 Å². The van der Waals surface area contributed by atoms with Crippen LogP contribution in [0.25, 0.3) is 10.9 Å². The summed E-state index contributed by atoms with van der Waals surface area (Å²) in [4.78, 5) is 24.3. The van der Waals surface area contributed by atoms with Crippen LogP contribution in [0.3, 0.4) is 0 Å². The second-order valence-corrected chi connectivity index (χ2v) is 6.90. The molecule has 7 nitrogen and oxygen atoms in total. The number of carbonyl (C=O) groups excluding carboxylic acids is 1. The fraction of sp³-hybridized carbons (Fsp3) is 0.105. The molecule has 0 aliphatic carbocycles. The number of amides is 1. The number of aliphatic imine (C=N–C) groups is 2. The van der Waals surface area contributed by atoms with Gasteiger partial charge in [0.2, 0.25) is 5.91 Å². The topological polar surface area (TPSA) is 108 Å². The largest absolute Gasteiger partial charge is 0.370 e. The molecule has 2 aromatic carbocycles. The molecule has 27 heavy (non-hydrogen) atoms. The smallest absolute Gasteiger partial charge is 0.234 e. The molecule has 1 aliphatic heterocycles. The van der Waals surface area contributed by atoms with Crippen molar-refractivity contribution in [1.82, 2.24) is 10.3 Å². The first-order chi connectivity index (χ1) is 13.2. The van der Waals surface area contributed by atoms with Crippen LogP contribution in [0.4, 0.5) is 5.69 Å². The van der Waals surface area contributed by atoms with Gasteiger partial charge in [0.1, 0.15) is 0 Å². The molecule has 0 spiro atoms. The maximum absolute atomic E-state index is 12.1. The van der Waals surface area contributed by atoms with E-state index < -0.39 is 6.17 Å². The number of benzene rings is 2. The highest BCUT2D eigenvalue weighted by molar-refractivity contribution is 8.14. The molecule has 0 fully saturated rings. The first-order valence-electron chi connectivity index (χ1n) is 8.41. The Kier molecular flexibility index (Phi) is 4.80. The van der Waals surface area contributed by atoms with E-state index in [0.29, 0.717) is 5.17 Å². The number of rotatable bonds is 4. The van der Waals surface area contributed by atoms with E-state index in [9.17, 15) is 4.79 Å². The summed E-state index contributed by atoms with van der Waals surface area (Å²) in [7, 11) is 0. The highest BCUT2D eigenvalue weighted by Crippen LogP contribution is 2.29. The van der Waals surface area contributed by atoms with Crippen LogP contribution in [-0.2, 0) is 4.79 Å². The number of hydrogen-bond acceptors (Lipinski definition) is 6. The van der Waals surface area contributed by atoms with E-state index in [1.165, 1.54) is 11.8 Å². The van der Waals surface area contributed by atoms with Crippen LogP contribution in [-0.4, -0.2) is 27.8 Å². The Bertz CT molecular complexity index is 1030. The quantitative estimate of drug-likeness (QED) is 0.560. The minimum atomic E-state index is -0.443. The van der Waals surface area contributed by atoms with Crippen molar-refractivity contribution in [2.24, 2.45) is 15.7 Å². The van der Waals surface area contributed by atoms with Gasteiger partial charge in [-0.15, -0.1) is 0 Å². The molecule has 8 heteroatoms. The molecular formula is C19H18N6OS. The predicted octanol–water partition coefficient (Wildman–Crippen LogP) is 2.81. The highest BCUT2D eigenvalue weighted by Gasteiger charge is 2.20. The van der Waals surface area contributed by atoms with E-state index in [1.54, 1.807) is 0 Å². The van der Waals surface area contributed by atoms with E-state index >= 15 is 0 Å². The van der Waals surface area contributed by atoms with Gasteiger partial charge in [0.25, 0.3) is 0 Å². The Balaban J connectivity index is 1.46. The molecule has 1 aromatic heterocycles. The molecule has 1 unspecified atom stereocenters. The number of H-pyrrole nitrogens is 1. The first kappa shape index (κ1) is 17.2. The molecule has 2 heterocycles. The van der Waals surface area contributed by atoms with Gasteiger partial charge >= 0.3 is 0 Å². The lowest BCUT2D eigenvalue weighted by Gasteiger charge is -2.18. The molecule has 1 atom stereocenters. The van der Waals surface area contributed by atoms with Gasteiger partial charge in [-0.05, 0) is 18.2 Å². The Hall–Kier alpha value is -3.26. The number of nitrogens with two attached hydrogens (primary N) is 1. The Morgan fingerprint density at radius 1 is 1.11 bits per heavy atom. The van der Waals surface area contributed by atoms with Gasteiger partial charge < -0.3 is 21.4 Å². The number of aromatic amines is 1. The van der Waals surface area contributed by atoms with Gasteiger partial charge in [-0.1, -0.05) is 48.2 Å². The molecular weight excluding hydrogens is 360 g/mol. The molecule has 136 valence electrons. The molecule has 4 rings (SSSR count). The third-order valence-electron chi connectivity index (χ3n) is 4.03. The Morgan fingerprint density at radius 3 is 2.74 bits per heavy atom. The van der Waals surface area contributed by atoms with E-state index in [0.717, 1.165) is 22.2 Å². The number of thioether (sulfide) groups is 1. The zero-order chi connectivity index (χ0) is 18.6. The van der Waals surface area contributed by atoms with E-state index in [4.69, 9.17) is 5.73 Å². The van der Waals surface area contributed by atoms with Crippen LogP contribution in [0.5, 0.6) is 0 Å². The molecule has 0 saturated heterocycles. The summed E-state index contributed by atoms with van der Waals surface area (Å²) in [5.74, 6) is 0.390. The summed E-state index contributed by atoms with van der Waals surface area (Å²) in [5, 5.41) is 7.39. The monoisotopic (exact) mass is 378 g/mol. The molecule has 0 bridgehead atoms. The third kappa shape index (κ3) is 3.95. The number of nitrogens with zero attached hydrogens (tertiary/aromatic N) is 2. The van der Waals surface area contributed by atoms with Crippen molar-refractivity contribution in [2.45, 2.75) is 6.17 Å². The fourth-order valence-corrected chi connectivity index (χ4v) is 3.51. The SMILES string of the molecule is NC1=NC(c2c[nH]c3ccccc23)N=C(SCC(=O)Nc2ccccc2)N1. The van der Waals surface area contributed by atoms with Gasteiger partial charge in [-0.25, -0.2) is 9.98 Å². The Labute approximate surface area is 160 Å². The minimum Gasteiger partial charge on any atom is -0.370 e. The third-order valence-corrected chi connectivity index (χ3v) is 4.92. The number of carbonyl (C=O) groups is 1. The van der Waals surface area contributed by atoms with Gasteiger partial charge in [-0.2, -0.15) is 0 Å². The standard InChI is InChI=1S/C19H18N6OS/c20-18-23-17(14-10-21-15-9-5-4-8-13(14)15)24-19(25-18)27-11-16(26)22-12-6-2-1-3-7-12/h1-10,17,21H,11H2,(H,22,26)(H3,20,23,24,25). The molecule has 0 radical (unpaired) electrons. The number of anilines is 1. The molecule has 1 aliphatic rings. The predicted molar refractivity (Wildman–Crippen MR) is 111 cm³/mol. The van der Waals surface area contributed by atoms with E-state index in [1.807, 2.05) is 60.8 Å². The maximum Gasteiger partial charge on any atom is 0.234 e. The number of guanidine groups is 1. The molecule has 3 aromatic rings. The van der Waals surface area contributed by atoms with Crippen molar-refractivity contribution in [3.63, 3.8) is 0 Å². The number of aromatic nitrogens is 1. The van der Waals surface area contributed by atoms with Gasteiger partial charge in [0.15, 0.2) is 17.3 Å². The number of amidine groups is 1. The molecule has 5 N–H and O–H groups in total. The average molecular weight is 378 g/mol. The highest BCUT2D eigenvalue weighted by atomic mass is 32.2. The van der Waals surface area contributed by atoms with Crippen molar-refractivity contribution >= 4 is 45.4 Å². The van der Waals surface area contributed by atoms with Gasteiger partial charge in [0, 0.05) is 28.4 Å². The van der Waals surface area contributed by atoms with Crippen molar-refractivity contribution in [1.29, 1.82) is 0 Å². The summed E-state index contributed by atoms with van der Waals surface area (Å²) < 4.78 is 0. The lowest BCUT2D eigenvalue weighted by atomic mass is 10.1. The Morgan fingerprint density at radius 2 is 1.89 bits per heavy atom. The van der Waals surface area contributed by atoms with Crippen molar-refractivity contribution in [3.8, 4) is 0 Å². The van der Waals surface area contributed by atoms with Crippen LogP contribution in [0, 0.1) is 0 Å². The normalized spacial score (nSPS) is 16.4. The zero-order valence-corrected chi connectivity index (χ0v) is 15.2. The average Bonchev–Trinajstić information content (AvgIpc) is 3.11. The van der Waals surface area contributed by atoms with Crippen LogP contribution < -0.4 is 16.4 Å². The van der Waals surface area contributed by atoms with Gasteiger partial charge in [0.05, 0.1) is 5.75 Å². The lowest BCUT2D eigenvalue weighted by Crippen LogP contribution is -2.39. The summed E-state index contributed by atoms with van der Waals surface area (Å²) in [6.45, 7) is 0. The van der Waals surface area contributed by atoms with Gasteiger partial charge in [-0.3, -0.25) is 4.79 Å². The van der Waals surface area contributed by atoms with E-state index in [-0.39, 0.29) is 17.6 Å². The van der Waals surface area contributed by atoms with Crippen LogP contribution in [0.2, 0.25) is 0 Å². The first-order valence-corrected chi connectivity index (χ1v) is 9.39. The number of para-hydroxylation sites is 2. The number of fused-ring (bicyclic) bond motifs is 1. The van der Waals surface area contributed by atoms with Crippen molar-refractivity contribution in [2.75, 3.05) is 11.1 Å². The zero-order valence-electron chi connectivity index (χ0n) is 14.3. The fourth-order valence-electron chi connectivity index (χ4n) is 2.82.